The van der Waals surface area contributed by atoms with Crippen molar-refractivity contribution in [1.82, 2.24) is 25.3 Å². The fourth-order valence-electron chi connectivity index (χ4n) is 3.84. The zero-order valence-corrected chi connectivity index (χ0v) is 19.5. The van der Waals surface area contributed by atoms with Gasteiger partial charge in [-0.05, 0) is 49.7 Å². The van der Waals surface area contributed by atoms with Crippen LogP contribution in [0.15, 0.2) is 53.3 Å². The maximum Gasteiger partial charge on any atom is 0.227 e. The second kappa shape index (κ2) is 12.2. The molecule has 0 aliphatic carbocycles. The van der Waals surface area contributed by atoms with Gasteiger partial charge in [0, 0.05) is 63.1 Å². The van der Waals surface area contributed by atoms with Crippen LogP contribution in [0, 0.1) is 0 Å². The third kappa shape index (κ3) is 7.10. The second-order valence-electron chi connectivity index (χ2n) is 8.35. The molecule has 1 amide bonds. The van der Waals surface area contributed by atoms with Gasteiger partial charge in [0.05, 0.1) is 0 Å². The van der Waals surface area contributed by atoms with E-state index in [2.05, 4.69) is 32.4 Å². The zero-order valence-electron chi connectivity index (χ0n) is 19.5. The van der Waals surface area contributed by atoms with Gasteiger partial charge in [0.2, 0.25) is 17.6 Å². The summed E-state index contributed by atoms with van der Waals surface area (Å²) < 4.78 is 16.6. The minimum Gasteiger partial charge on any atom is -0.492 e. The highest BCUT2D eigenvalue weighted by Crippen LogP contribution is 2.16. The van der Waals surface area contributed by atoms with Crippen LogP contribution < -0.4 is 10.1 Å². The van der Waals surface area contributed by atoms with Crippen molar-refractivity contribution < 1.29 is 18.8 Å². The average molecular weight is 466 g/mol. The summed E-state index contributed by atoms with van der Waals surface area (Å²) in [7, 11) is 2.14. The summed E-state index contributed by atoms with van der Waals surface area (Å²) >= 11 is 0. The molecule has 0 radical (unpaired) electrons. The van der Waals surface area contributed by atoms with Crippen LogP contribution in [0.1, 0.15) is 30.7 Å². The van der Waals surface area contributed by atoms with Crippen molar-refractivity contribution in [2.45, 2.75) is 38.3 Å². The first-order chi connectivity index (χ1) is 16.7. The molecule has 0 spiro atoms. The Kier molecular flexibility index (Phi) is 8.59. The van der Waals surface area contributed by atoms with Crippen molar-refractivity contribution in [3.63, 3.8) is 0 Å². The van der Waals surface area contributed by atoms with E-state index in [4.69, 9.17) is 14.0 Å². The Morgan fingerprint density at radius 1 is 1.24 bits per heavy atom. The van der Waals surface area contributed by atoms with Gasteiger partial charge in [0.25, 0.3) is 0 Å². The van der Waals surface area contributed by atoms with Crippen molar-refractivity contribution in [2.24, 2.45) is 0 Å². The molecule has 1 saturated heterocycles. The van der Waals surface area contributed by atoms with E-state index in [0.29, 0.717) is 37.3 Å². The van der Waals surface area contributed by atoms with Gasteiger partial charge in [0.1, 0.15) is 12.4 Å². The highest BCUT2D eigenvalue weighted by Gasteiger charge is 2.18. The predicted octanol–water partition coefficient (Wildman–Crippen LogP) is 2.87. The van der Waals surface area contributed by atoms with Crippen molar-refractivity contribution in [2.75, 3.05) is 33.4 Å². The number of hydrogen-bond donors (Lipinski definition) is 1. The van der Waals surface area contributed by atoms with Crippen LogP contribution in [-0.4, -0.2) is 65.4 Å². The summed E-state index contributed by atoms with van der Waals surface area (Å²) in [4.78, 5) is 23.0. The Hall–Kier alpha value is -3.30. The van der Waals surface area contributed by atoms with Crippen LogP contribution >= 0.6 is 0 Å². The van der Waals surface area contributed by atoms with Crippen molar-refractivity contribution in [1.29, 1.82) is 0 Å². The highest BCUT2D eigenvalue weighted by molar-refractivity contribution is 5.76. The molecule has 3 aromatic rings. The molecule has 4 rings (SSSR count). The predicted molar refractivity (Wildman–Crippen MR) is 126 cm³/mol. The van der Waals surface area contributed by atoms with Crippen LogP contribution in [-0.2, 0) is 22.5 Å². The maximum absolute atomic E-state index is 12.3. The van der Waals surface area contributed by atoms with E-state index in [-0.39, 0.29) is 12.3 Å². The van der Waals surface area contributed by atoms with E-state index in [9.17, 15) is 4.79 Å². The first-order valence-corrected chi connectivity index (χ1v) is 11.7. The monoisotopic (exact) mass is 465 g/mol. The molecular formula is C25H31N5O4. The number of nitrogens with one attached hydrogen (secondary N) is 1. The molecule has 9 nitrogen and oxygen atoms in total. The smallest absolute Gasteiger partial charge is 0.227 e. The summed E-state index contributed by atoms with van der Waals surface area (Å²) in [6.07, 6.45) is 6.15. The Balaban J connectivity index is 1.17. The number of aryl methyl sites for hydroxylation is 1. The standard InChI is InChI=1S/C25H31N5O4/c1-30(21-9-13-32-14-10-21)12-15-33-22-6-2-4-19(16-22)17-27-23(31)7-8-24-28-25(29-34-24)20-5-3-11-26-18-20/h2-6,11,16,18,21H,7-10,12-15,17H2,1H3,(H,27,31). The lowest BCUT2D eigenvalue weighted by Crippen LogP contribution is -2.38. The molecule has 180 valence electrons. The number of carbonyl (C=O) groups excluding carboxylic acids is 1. The van der Waals surface area contributed by atoms with Crippen molar-refractivity contribution in [3.8, 4) is 17.1 Å². The first kappa shape index (κ1) is 23.8. The van der Waals surface area contributed by atoms with Crippen LogP contribution in [0.4, 0.5) is 0 Å². The van der Waals surface area contributed by atoms with Crippen LogP contribution in [0.3, 0.4) is 0 Å². The van der Waals surface area contributed by atoms with E-state index >= 15 is 0 Å². The average Bonchev–Trinajstić information content (AvgIpc) is 3.37. The van der Waals surface area contributed by atoms with Gasteiger partial charge in [-0.1, -0.05) is 17.3 Å². The van der Waals surface area contributed by atoms with Gasteiger partial charge in [-0.25, -0.2) is 0 Å². The van der Waals surface area contributed by atoms with E-state index in [1.807, 2.05) is 36.4 Å². The van der Waals surface area contributed by atoms with Crippen LogP contribution in [0.25, 0.3) is 11.4 Å². The zero-order chi connectivity index (χ0) is 23.6. The van der Waals surface area contributed by atoms with Gasteiger partial charge in [-0.2, -0.15) is 4.98 Å². The lowest BCUT2D eigenvalue weighted by Gasteiger charge is -2.31. The number of likely N-dealkylation sites (N-methyl/N-ethyl adjacent to an activating group) is 1. The van der Waals surface area contributed by atoms with Crippen LogP contribution in [0.5, 0.6) is 5.75 Å². The topological polar surface area (TPSA) is 103 Å². The molecule has 9 heteroatoms. The minimum absolute atomic E-state index is 0.0782. The SMILES string of the molecule is CN(CCOc1cccc(CNC(=O)CCc2nc(-c3cccnc3)no2)c1)C1CCOCC1. The Bertz CT molecular complexity index is 1040. The molecule has 0 atom stereocenters. The fourth-order valence-corrected chi connectivity index (χ4v) is 3.84. The second-order valence-corrected chi connectivity index (χ2v) is 8.35. The molecule has 1 aromatic carbocycles. The van der Waals surface area contributed by atoms with E-state index < -0.39 is 0 Å². The summed E-state index contributed by atoms with van der Waals surface area (Å²) in [5, 5.41) is 6.89. The number of nitrogens with zero attached hydrogens (tertiary/aromatic N) is 4. The molecule has 0 unspecified atom stereocenters. The molecule has 1 N–H and O–H groups in total. The van der Waals surface area contributed by atoms with Gasteiger partial charge in [-0.3, -0.25) is 14.7 Å². The van der Waals surface area contributed by atoms with Gasteiger partial charge in [-0.15, -0.1) is 0 Å². The number of hydrogen-bond acceptors (Lipinski definition) is 8. The number of amides is 1. The third-order valence-electron chi connectivity index (χ3n) is 5.87. The molecule has 1 aliphatic rings. The number of carbonyl (C=O) groups is 1. The normalized spacial score (nSPS) is 14.3. The van der Waals surface area contributed by atoms with E-state index in [1.54, 1.807) is 12.4 Å². The van der Waals surface area contributed by atoms with Gasteiger partial charge >= 0.3 is 0 Å². The summed E-state index contributed by atoms with van der Waals surface area (Å²) in [5.74, 6) is 1.63. The third-order valence-corrected chi connectivity index (χ3v) is 5.87. The molecule has 0 saturated carbocycles. The van der Waals surface area contributed by atoms with Crippen LogP contribution in [0.2, 0.25) is 0 Å². The Morgan fingerprint density at radius 3 is 2.94 bits per heavy atom. The number of benzene rings is 1. The van der Waals surface area contributed by atoms with Crippen molar-refractivity contribution >= 4 is 5.91 Å². The number of pyridine rings is 1. The van der Waals surface area contributed by atoms with Crippen molar-refractivity contribution in [3.05, 3.63) is 60.2 Å². The highest BCUT2D eigenvalue weighted by atomic mass is 16.5. The summed E-state index contributed by atoms with van der Waals surface area (Å²) in [6, 6.07) is 12.0. The largest absolute Gasteiger partial charge is 0.492 e. The minimum atomic E-state index is -0.0782. The molecule has 1 aliphatic heterocycles. The molecule has 34 heavy (non-hydrogen) atoms. The fraction of sp³-hybridized carbons (Fsp3) is 0.440. The maximum atomic E-state index is 12.3. The lowest BCUT2D eigenvalue weighted by atomic mass is 10.1. The molecule has 1 fully saturated rings. The van der Waals surface area contributed by atoms with E-state index in [1.165, 1.54) is 0 Å². The number of ether oxygens (including phenoxy) is 2. The molecule has 3 heterocycles. The van der Waals surface area contributed by atoms with Gasteiger partial charge in [0.15, 0.2) is 0 Å². The van der Waals surface area contributed by atoms with E-state index in [0.717, 1.165) is 49.5 Å². The lowest BCUT2D eigenvalue weighted by molar-refractivity contribution is -0.121. The molecular weight excluding hydrogens is 434 g/mol. The quantitative estimate of drug-likeness (QED) is 0.461. The first-order valence-electron chi connectivity index (χ1n) is 11.7. The molecule has 2 aromatic heterocycles. The summed E-state index contributed by atoms with van der Waals surface area (Å²) in [6.45, 7) is 3.59. The Morgan fingerprint density at radius 2 is 2.12 bits per heavy atom. The Labute approximate surface area is 199 Å². The van der Waals surface area contributed by atoms with Gasteiger partial charge < -0.3 is 19.3 Å². The number of rotatable bonds is 11. The summed E-state index contributed by atoms with van der Waals surface area (Å²) in [5.41, 5.74) is 1.76. The molecule has 0 bridgehead atoms. The number of aromatic nitrogens is 3.